The Labute approximate surface area is 111 Å². The lowest BCUT2D eigenvalue weighted by molar-refractivity contribution is -0.148. The van der Waals surface area contributed by atoms with E-state index in [4.69, 9.17) is 0 Å². The predicted molar refractivity (Wildman–Crippen MR) is 67.6 cm³/mol. The van der Waals surface area contributed by atoms with Crippen LogP contribution >= 0.6 is 0 Å². The second-order valence-corrected chi connectivity index (χ2v) is 4.78. The van der Waals surface area contributed by atoms with E-state index < -0.39 is 11.5 Å². The zero-order valence-electron chi connectivity index (χ0n) is 10.9. The monoisotopic (exact) mass is 263 g/mol. The van der Waals surface area contributed by atoms with Crippen molar-refractivity contribution in [3.63, 3.8) is 0 Å². The van der Waals surface area contributed by atoms with Crippen molar-refractivity contribution in [2.75, 3.05) is 6.54 Å². The number of carbonyl (C=O) groups is 2. The highest BCUT2D eigenvalue weighted by Gasteiger charge is 2.49. The van der Waals surface area contributed by atoms with Gasteiger partial charge in [0.15, 0.2) is 0 Å². The van der Waals surface area contributed by atoms with Crippen molar-refractivity contribution in [1.29, 1.82) is 0 Å². The van der Waals surface area contributed by atoms with Crippen molar-refractivity contribution in [2.24, 2.45) is 0 Å². The fourth-order valence-electron chi connectivity index (χ4n) is 2.75. The molecule has 1 aromatic rings. The Morgan fingerprint density at radius 1 is 1.47 bits per heavy atom. The number of carboxylic acid groups (broad SMARTS) is 1. The summed E-state index contributed by atoms with van der Waals surface area (Å²) < 4.78 is 0. The Kier molecular flexibility index (Phi) is 3.78. The van der Waals surface area contributed by atoms with Gasteiger partial charge >= 0.3 is 5.97 Å². The third kappa shape index (κ3) is 2.30. The fourth-order valence-corrected chi connectivity index (χ4v) is 2.75. The molecule has 6 heteroatoms. The van der Waals surface area contributed by atoms with Gasteiger partial charge in [-0.2, -0.15) is 10.2 Å². The van der Waals surface area contributed by atoms with Crippen molar-refractivity contribution in [2.45, 2.75) is 38.1 Å². The SMILES string of the molecule is CCCC1(C(=O)O)CCCN1C(=O)c1ccnnc1. The van der Waals surface area contributed by atoms with Crippen molar-refractivity contribution in [1.82, 2.24) is 15.1 Å². The lowest BCUT2D eigenvalue weighted by atomic mass is 9.90. The van der Waals surface area contributed by atoms with Gasteiger partial charge in [-0.05, 0) is 25.3 Å². The standard InChI is InChI=1S/C13H17N3O3/c1-2-5-13(12(18)19)6-3-8-16(13)11(17)10-4-7-14-15-9-10/h4,7,9H,2-3,5-6,8H2,1H3,(H,18,19). The molecule has 1 aromatic heterocycles. The minimum atomic E-state index is -1.06. The molecule has 6 nitrogen and oxygen atoms in total. The molecule has 1 aliphatic heterocycles. The maximum absolute atomic E-state index is 12.4. The minimum absolute atomic E-state index is 0.275. The Morgan fingerprint density at radius 3 is 2.84 bits per heavy atom. The summed E-state index contributed by atoms with van der Waals surface area (Å²) in [5.74, 6) is -1.19. The third-order valence-corrected chi connectivity index (χ3v) is 3.63. The molecule has 19 heavy (non-hydrogen) atoms. The number of carboxylic acids is 1. The molecule has 102 valence electrons. The Bertz CT molecular complexity index is 477. The van der Waals surface area contributed by atoms with E-state index in [-0.39, 0.29) is 5.91 Å². The number of rotatable bonds is 4. The average molecular weight is 263 g/mol. The van der Waals surface area contributed by atoms with Crippen LogP contribution in [-0.4, -0.2) is 44.2 Å². The number of aliphatic carboxylic acids is 1. The van der Waals surface area contributed by atoms with Gasteiger partial charge in [0.05, 0.1) is 18.0 Å². The molecule has 0 saturated carbocycles. The number of nitrogens with zero attached hydrogens (tertiary/aromatic N) is 3. The number of amides is 1. The van der Waals surface area contributed by atoms with Crippen LogP contribution in [0.4, 0.5) is 0 Å². The quantitative estimate of drug-likeness (QED) is 0.886. The van der Waals surface area contributed by atoms with Crippen LogP contribution in [0.15, 0.2) is 18.5 Å². The summed E-state index contributed by atoms with van der Waals surface area (Å²) in [5, 5.41) is 16.8. The first kappa shape index (κ1) is 13.5. The second kappa shape index (κ2) is 5.34. The van der Waals surface area contributed by atoms with Gasteiger partial charge in [-0.15, -0.1) is 0 Å². The zero-order valence-corrected chi connectivity index (χ0v) is 10.9. The molecular formula is C13H17N3O3. The maximum Gasteiger partial charge on any atom is 0.329 e. The van der Waals surface area contributed by atoms with Gasteiger partial charge < -0.3 is 10.0 Å². The molecule has 0 bridgehead atoms. The van der Waals surface area contributed by atoms with Gasteiger partial charge in [0.1, 0.15) is 5.54 Å². The van der Waals surface area contributed by atoms with E-state index in [9.17, 15) is 14.7 Å². The van der Waals surface area contributed by atoms with E-state index >= 15 is 0 Å². The minimum Gasteiger partial charge on any atom is -0.479 e. The number of hydrogen-bond acceptors (Lipinski definition) is 4. The van der Waals surface area contributed by atoms with Gasteiger partial charge in [-0.1, -0.05) is 13.3 Å². The van der Waals surface area contributed by atoms with E-state index in [2.05, 4.69) is 10.2 Å². The molecule has 0 aliphatic carbocycles. The van der Waals surface area contributed by atoms with Crippen LogP contribution < -0.4 is 0 Å². The summed E-state index contributed by atoms with van der Waals surface area (Å²) in [6.07, 6.45) is 5.25. The van der Waals surface area contributed by atoms with Crippen molar-refractivity contribution < 1.29 is 14.7 Å². The van der Waals surface area contributed by atoms with Gasteiger partial charge in [0, 0.05) is 6.54 Å². The van der Waals surface area contributed by atoms with Gasteiger partial charge in [0.2, 0.25) is 0 Å². The van der Waals surface area contributed by atoms with Crippen LogP contribution in [0.3, 0.4) is 0 Å². The van der Waals surface area contributed by atoms with Gasteiger partial charge in [-0.25, -0.2) is 4.79 Å². The summed E-state index contributed by atoms with van der Waals surface area (Å²) in [5.41, 5.74) is -0.673. The first-order valence-corrected chi connectivity index (χ1v) is 6.44. The molecule has 0 aromatic carbocycles. The lowest BCUT2D eigenvalue weighted by Crippen LogP contribution is -2.53. The number of hydrogen-bond donors (Lipinski definition) is 1. The molecular weight excluding hydrogens is 246 g/mol. The predicted octanol–water partition coefficient (Wildman–Crippen LogP) is 1.34. The summed E-state index contributed by atoms with van der Waals surface area (Å²) in [6.45, 7) is 2.41. The van der Waals surface area contributed by atoms with E-state index in [1.54, 1.807) is 6.07 Å². The molecule has 1 N–H and O–H groups in total. The van der Waals surface area contributed by atoms with Crippen molar-refractivity contribution in [3.05, 3.63) is 24.0 Å². The number of carbonyl (C=O) groups excluding carboxylic acids is 1. The molecule has 1 saturated heterocycles. The van der Waals surface area contributed by atoms with E-state index in [1.807, 2.05) is 6.92 Å². The summed E-state index contributed by atoms with van der Waals surface area (Å²) >= 11 is 0. The van der Waals surface area contributed by atoms with Crippen LogP contribution in [0, 0.1) is 0 Å². The average Bonchev–Trinajstić information content (AvgIpc) is 2.84. The summed E-state index contributed by atoms with van der Waals surface area (Å²) in [6, 6.07) is 1.56. The first-order chi connectivity index (χ1) is 9.12. The maximum atomic E-state index is 12.4. The highest BCUT2D eigenvalue weighted by atomic mass is 16.4. The molecule has 1 atom stereocenters. The second-order valence-electron chi connectivity index (χ2n) is 4.78. The summed E-state index contributed by atoms with van der Waals surface area (Å²) in [7, 11) is 0. The third-order valence-electron chi connectivity index (χ3n) is 3.63. The molecule has 0 spiro atoms. The van der Waals surface area contributed by atoms with Gasteiger partial charge in [-0.3, -0.25) is 4.79 Å². The highest BCUT2D eigenvalue weighted by molar-refractivity contribution is 5.98. The Balaban J connectivity index is 2.32. The Morgan fingerprint density at radius 2 is 2.26 bits per heavy atom. The molecule has 0 radical (unpaired) electrons. The Hall–Kier alpha value is -1.98. The van der Waals surface area contributed by atoms with Crippen LogP contribution in [0.1, 0.15) is 43.0 Å². The summed E-state index contributed by atoms with van der Waals surface area (Å²) in [4.78, 5) is 25.6. The number of aromatic nitrogens is 2. The van der Waals surface area contributed by atoms with E-state index in [1.165, 1.54) is 17.3 Å². The smallest absolute Gasteiger partial charge is 0.329 e. The van der Waals surface area contributed by atoms with E-state index in [0.717, 1.165) is 12.8 Å². The highest BCUT2D eigenvalue weighted by Crippen LogP contribution is 2.35. The molecule has 1 fully saturated rings. The van der Waals surface area contributed by atoms with Crippen LogP contribution in [0.25, 0.3) is 0 Å². The van der Waals surface area contributed by atoms with Crippen molar-refractivity contribution in [3.8, 4) is 0 Å². The van der Waals surface area contributed by atoms with Crippen LogP contribution in [-0.2, 0) is 4.79 Å². The number of likely N-dealkylation sites (tertiary alicyclic amines) is 1. The van der Waals surface area contributed by atoms with Crippen LogP contribution in [0.2, 0.25) is 0 Å². The first-order valence-electron chi connectivity index (χ1n) is 6.44. The molecule has 1 aliphatic rings. The topological polar surface area (TPSA) is 83.4 Å². The van der Waals surface area contributed by atoms with Crippen molar-refractivity contribution >= 4 is 11.9 Å². The molecule has 1 unspecified atom stereocenters. The fraction of sp³-hybridized carbons (Fsp3) is 0.538. The molecule has 2 heterocycles. The van der Waals surface area contributed by atoms with Gasteiger partial charge in [0.25, 0.3) is 5.91 Å². The normalized spacial score (nSPS) is 22.5. The zero-order chi connectivity index (χ0) is 13.9. The van der Waals surface area contributed by atoms with Crippen LogP contribution in [0.5, 0.6) is 0 Å². The lowest BCUT2D eigenvalue weighted by Gasteiger charge is -2.34. The largest absolute Gasteiger partial charge is 0.479 e. The molecule has 1 amide bonds. The van der Waals surface area contributed by atoms with E-state index in [0.29, 0.717) is 24.9 Å². The molecule has 2 rings (SSSR count).